The summed E-state index contributed by atoms with van der Waals surface area (Å²) >= 11 is 0. The molecule has 4 unspecified atom stereocenters. The van der Waals surface area contributed by atoms with Crippen LogP contribution in [0.4, 0.5) is 0 Å². The summed E-state index contributed by atoms with van der Waals surface area (Å²) in [5.74, 6) is 0.987. The van der Waals surface area contributed by atoms with Crippen molar-refractivity contribution >= 4 is 11.9 Å². The molecule has 44 heavy (non-hydrogen) atoms. The lowest BCUT2D eigenvalue weighted by molar-refractivity contribution is -0.164. The number of carboxylic acids is 1. The van der Waals surface area contributed by atoms with Gasteiger partial charge in [-0.1, -0.05) is 176 Å². The average molecular weight is 623 g/mol. The van der Waals surface area contributed by atoms with Gasteiger partial charge in [0.1, 0.15) is 0 Å². The van der Waals surface area contributed by atoms with Crippen LogP contribution in [0.5, 0.6) is 0 Å². The first-order chi connectivity index (χ1) is 21.3. The van der Waals surface area contributed by atoms with E-state index < -0.39 is 5.97 Å². The lowest BCUT2D eigenvalue weighted by Crippen LogP contribution is -2.42. The molecule has 4 nitrogen and oxygen atoms in total. The van der Waals surface area contributed by atoms with Gasteiger partial charge in [-0.25, -0.2) is 0 Å². The molecule has 0 saturated heterocycles. The lowest BCUT2D eigenvalue weighted by atomic mass is 9.64. The molecule has 0 amide bonds. The van der Waals surface area contributed by atoms with Crippen LogP contribution in [0.15, 0.2) is 0 Å². The van der Waals surface area contributed by atoms with Gasteiger partial charge in [0.05, 0.1) is 12.0 Å². The largest absolute Gasteiger partial charge is 0.481 e. The van der Waals surface area contributed by atoms with Crippen molar-refractivity contribution in [2.45, 2.75) is 215 Å². The van der Waals surface area contributed by atoms with Crippen molar-refractivity contribution in [2.24, 2.45) is 23.2 Å². The Morgan fingerprint density at radius 1 is 0.568 bits per heavy atom. The zero-order valence-corrected chi connectivity index (χ0v) is 30.7. The number of esters is 1. The predicted octanol–water partition coefficient (Wildman–Crippen LogP) is 13.1. The van der Waals surface area contributed by atoms with Crippen molar-refractivity contribution in [3.05, 3.63) is 0 Å². The van der Waals surface area contributed by atoms with Crippen LogP contribution < -0.4 is 0 Å². The Morgan fingerprint density at radius 3 is 1.43 bits per heavy atom. The number of rotatable bonds is 33. The molecule has 0 fully saturated rings. The fraction of sp³-hybridized carbons (Fsp3) is 0.950. The van der Waals surface area contributed by atoms with Gasteiger partial charge in [-0.2, -0.15) is 0 Å². The number of hydrogen-bond donors (Lipinski definition) is 1. The average Bonchev–Trinajstić information content (AvgIpc) is 3.03. The van der Waals surface area contributed by atoms with Crippen LogP contribution in [0.2, 0.25) is 0 Å². The summed E-state index contributed by atoms with van der Waals surface area (Å²) in [6.45, 7) is 14.3. The van der Waals surface area contributed by atoms with Crippen molar-refractivity contribution in [2.75, 3.05) is 6.61 Å². The topological polar surface area (TPSA) is 63.6 Å². The van der Waals surface area contributed by atoms with Crippen LogP contribution in [0.3, 0.4) is 0 Å². The fourth-order valence-corrected chi connectivity index (χ4v) is 7.35. The molecule has 0 rings (SSSR count). The van der Waals surface area contributed by atoms with E-state index in [2.05, 4.69) is 41.5 Å². The van der Waals surface area contributed by atoms with Crippen molar-refractivity contribution in [1.82, 2.24) is 0 Å². The number of carboxylic acid groups (broad SMARTS) is 1. The molecular formula is C40H78O4. The molecule has 0 aliphatic rings. The van der Waals surface area contributed by atoms with Gasteiger partial charge in [-0.3, -0.25) is 9.59 Å². The highest BCUT2D eigenvalue weighted by atomic mass is 16.5. The van der Waals surface area contributed by atoms with E-state index in [1.807, 2.05) is 0 Å². The second kappa shape index (κ2) is 29.3. The first-order valence-corrected chi connectivity index (χ1v) is 19.7. The van der Waals surface area contributed by atoms with Crippen LogP contribution in [0.25, 0.3) is 0 Å². The van der Waals surface area contributed by atoms with Crippen molar-refractivity contribution in [1.29, 1.82) is 0 Å². The highest BCUT2D eigenvalue weighted by molar-refractivity contribution is 5.77. The van der Waals surface area contributed by atoms with Crippen LogP contribution in [-0.4, -0.2) is 23.7 Å². The summed E-state index contributed by atoms with van der Waals surface area (Å²) in [6.07, 6.45) is 31.6. The SMILES string of the molecule is CCCCC(CC)COC(=O)C(CC)(CC(CC)CCCC)C(CC)CCCCCCCCCCCCCCCCC(=O)O. The van der Waals surface area contributed by atoms with E-state index >= 15 is 0 Å². The lowest BCUT2D eigenvalue weighted by Gasteiger charge is -2.40. The molecule has 0 radical (unpaired) electrons. The number of carbonyl (C=O) groups excluding carboxylic acids is 1. The van der Waals surface area contributed by atoms with E-state index in [9.17, 15) is 9.59 Å². The van der Waals surface area contributed by atoms with Crippen LogP contribution in [0, 0.1) is 23.2 Å². The highest BCUT2D eigenvalue weighted by Crippen LogP contribution is 2.45. The molecule has 0 spiro atoms. The monoisotopic (exact) mass is 623 g/mol. The van der Waals surface area contributed by atoms with Gasteiger partial charge in [-0.15, -0.1) is 0 Å². The third kappa shape index (κ3) is 20.1. The van der Waals surface area contributed by atoms with E-state index in [4.69, 9.17) is 9.84 Å². The van der Waals surface area contributed by atoms with E-state index in [1.54, 1.807) is 0 Å². The maximum Gasteiger partial charge on any atom is 0.312 e. The molecule has 4 heteroatoms. The molecule has 262 valence electrons. The Bertz CT molecular complexity index is 662. The Hall–Kier alpha value is -1.06. The highest BCUT2D eigenvalue weighted by Gasteiger charge is 2.45. The minimum atomic E-state index is -0.664. The summed E-state index contributed by atoms with van der Waals surface area (Å²) in [4.78, 5) is 24.6. The van der Waals surface area contributed by atoms with Crippen LogP contribution in [0.1, 0.15) is 215 Å². The molecule has 0 saturated carbocycles. The molecule has 0 aromatic carbocycles. The van der Waals surface area contributed by atoms with Crippen molar-refractivity contribution < 1.29 is 19.4 Å². The third-order valence-corrected chi connectivity index (χ3v) is 10.7. The number of ether oxygens (including phenoxy) is 1. The first-order valence-electron chi connectivity index (χ1n) is 19.7. The molecule has 0 aromatic heterocycles. The Labute approximate surface area is 275 Å². The predicted molar refractivity (Wildman–Crippen MR) is 190 cm³/mol. The molecule has 0 aromatic rings. The quantitative estimate of drug-likeness (QED) is 0.0584. The summed E-state index contributed by atoms with van der Waals surface area (Å²) in [5.41, 5.74) is -0.329. The molecule has 0 aliphatic heterocycles. The van der Waals surface area contributed by atoms with E-state index in [1.165, 1.54) is 116 Å². The number of unbranched alkanes of at least 4 members (excludes halogenated alkanes) is 15. The van der Waals surface area contributed by atoms with Gasteiger partial charge in [0, 0.05) is 6.42 Å². The maximum atomic E-state index is 14.1. The summed E-state index contributed by atoms with van der Waals surface area (Å²) in [5, 5.41) is 8.70. The van der Waals surface area contributed by atoms with Crippen LogP contribution in [-0.2, 0) is 14.3 Å². The zero-order chi connectivity index (χ0) is 32.9. The maximum absolute atomic E-state index is 14.1. The number of aliphatic carboxylic acids is 1. The zero-order valence-electron chi connectivity index (χ0n) is 30.7. The second-order valence-electron chi connectivity index (χ2n) is 14.1. The summed E-state index contributed by atoms with van der Waals surface area (Å²) in [6, 6.07) is 0. The molecule has 1 N–H and O–H groups in total. The first kappa shape index (κ1) is 42.9. The summed E-state index contributed by atoms with van der Waals surface area (Å²) < 4.78 is 6.26. The summed E-state index contributed by atoms with van der Waals surface area (Å²) in [7, 11) is 0. The van der Waals surface area contributed by atoms with Gasteiger partial charge in [0.25, 0.3) is 0 Å². The van der Waals surface area contributed by atoms with E-state index in [0.29, 0.717) is 30.8 Å². The van der Waals surface area contributed by atoms with Gasteiger partial charge in [0.15, 0.2) is 0 Å². The van der Waals surface area contributed by atoms with Gasteiger partial charge in [-0.05, 0) is 49.9 Å². The Morgan fingerprint density at radius 2 is 1.02 bits per heavy atom. The molecule has 0 heterocycles. The minimum absolute atomic E-state index is 0.120. The smallest absolute Gasteiger partial charge is 0.312 e. The van der Waals surface area contributed by atoms with Crippen molar-refractivity contribution in [3.63, 3.8) is 0 Å². The number of carbonyl (C=O) groups is 2. The minimum Gasteiger partial charge on any atom is -0.481 e. The van der Waals surface area contributed by atoms with Gasteiger partial charge in [0.2, 0.25) is 0 Å². The fourth-order valence-electron chi connectivity index (χ4n) is 7.35. The van der Waals surface area contributed by atoms with Crippen LogP contribution >= 0.6 is 0 Å². The Balaban J connectivity index is 4.69. The van der Waals surface area contributed by atoms with Gasteiger partial charge >= 0.3 is 11.9 Å². The Kier molecular flexibility index (Phi) is 28.6. The van der Waals surface area contributed by atoms with Gasteiger partial charge < -0.3 is 9.84 Å². The third-order valence-electron chi connectivity index (χ3n) is 10.7. The molecule has 0 aliphatic carbocycles. The second-order valence-corrected chi connectivity index (χ2v) is 14.1. The molecular weight excluding hydrogens is 544 g/mol. The molecule has 0 bridgehead atoms. The van der Waals surface area contributed by atoms with E-state index in [0.717, 1.165) is 51.4 Å². The molecule has 4 atom stereocenters. The normalized spacial score (nSPS) is 15.0. The van der Waals surface area contributed by atoms with E-state index in [-0.39, 0.29) is 11.4 Å². The standard InChI is InChI=1S/C40H78O4/c1-7-13-29-35(9-3)33-40(12-6,39(43)44-34-36(10-4)30-14-8-2)37(11-5)31-27-25-23-21-19-17-15-16-18-20-22-24-26-28-32-38(41)42/h35-37H,7-34H2,1-6H3,(H,41,42). The van der Waals surface area contributed by atoms with Crippen molar-refractivity contribution in [3.8, 4) is 0 Å². The number of hydrogen-bond acceptors (Lipinski definition) is 3.